The Morgan fingerprint density at radius 3 is 3.00 bits per heavy atom. The zero-order valence-corrected chi connectivity index (χ0v) is 9.09. The first-order valence-electron chi connectivity index (χ1n) is 5.37. The van der Waals surface area contributed by atoms with Crippen LogP contribution in [-0.4, -0.2) is 51.1 Å². The van der Waals surface area contributed by atoms with E-state index in [0.29, 0.717) is 24.7 Å². The van der Waals surface area contributed by atoms with Crippen molar-refractivity contribution in [3.8, 4) is 0 Å². The Labute approximate surface area is 96.2 Å². The molecule has 8 nitrogen and oxygen atoms in total. The fourth-order valence-electron chi connectivity index (χ4n) is 1.70. The molecule has 3 rings (SSSR count). The molecule has 0 spiro atoms. The third-order valence-corrected chi connectivity index (χ3v) is 2.56. The van der Waals surface area contributed by atoms with Gasteiger partial charge in [-0.05, 0) is 12.1 Å². The summed E-state index contributed by atoms with van der Waals surface area (Å²) in [5, 5.41) is 12.3. The zero-order chi connectivity index (χ0) is 11.7. The van der Waals surface area contributed by atoms with Crippen LogP contribution in [0.1, 0.15) is 0 Å². The maximum atomic E-state index is 11.3. The second kappa shape index (κ2) is 4.15. The van der Waals surface area contributed by atoms with Gasteiger partial charge in [0, 0.05) is 13.1 Å². The molecule has 1 fully saturated rings. The lowest BCUT2D eigenvalue weighted by Gasteiger charge is -2.27. The van der Waals surface area contributed by atoms with Crippen LogP contribution in [0.25, 0.3) is 5.65 Å². The summed E-state index contributed by atoms with van der Waals surface area (Å²) in [5.41, 5.74) is 3.29. The topological polar surface area (TPSA) is 87.5 Å². The Balaban J connectivity index is 1.84. The third kappa shape index (κ3) is 1.99. The molecule has 1 saturated heterocycles. The van der Waals surface area contributed by atoms with E-state index in [1.807, 2.05) is 5.01 Å². The quantitative estimate of drug-likeness (QED) is 0.701. The summed E-state index contributed by atoms with van der Waals surface area (Å²) >= 11 is 0. The number of anilines is 1. The lowest BCUT2D eigenvalue weighted by Crippen LogP contribution is -2.40. The van der Waals surface area contributed by atoms with Gasteiger partial charge in [0.25, 0.3) is 0 Å². The van der Waals surface area contributed by atoms with Gasteiger partial charge in [0.2, 0.25) is 0 Å². The predicted octanol–water partition coefficient (Wildman–Crippen LogP) is -0.923. The second-order valence-corrected chi connectivity index (χ2v) is 3.73. The highest BCUT2D eigenvalue weighted by molar-refractivity contribution is 5.42. The van der Waals surface area contributed by atoms with E-state index in [4.69, 9.17) is 4.74 Å². The molecule has 90 valence electrons. The van der Waals surface area contributed by atoms with Gasteiger partial charge in [-0.2, -0.15) is 9.61 Å². The summed E-state index contributed by atoms with van der Waals surface area (Å²) in [4.78, 5) is 11.3. The number of ether oxygens (including phenoxy) is 1. The van der Waals surface area contributed by atoms with Crippen molar-refractivity contribution in [2.75, 3.05) is 31.7 Å². The Kier molecular flexibility index (Phi) is 2.50. The third-order valence-electron chi connectivity index (χ3n) is 2.56. The SMILES string of the molecule is O=c1[nH]nc2ccc(NN3CCOCC3)nn12. The molecule has 0 aromatic carbocycles. The first-order chi connectivity index (χ1) is 8.33. The van der Waals surface area contributed by atoms with Crippen molar-refractivity contribution in [1.82, 2.24) is 24.8 Å². The molecule has 0 aliphatic carbocycles. The Morgan fingerprint density at radius 2 is 2.18 bits per heavy atom. The van der Waals surface area contributed by atoms with Crippen LogP contribution in [0.2, 0.25) is 0 Å². The van der Waals surface area contributed by atoms with Gasteiger partial charge in [-0.25, -0.2) is 14.9 Å². The molecule has 0 unspecified atom stereocenters. The molecule has 2 aromatic heterocycles. The van der Waals surface area contributed by atoms with Gasteiger partial charge in [0.1, 0.15) is 0 Å². The number of rotatable bonds is 2. The molecule has 8 heteroatoms. The highest BCUT2D eigenvalue weighted by Crippen LogP contribution is 2.05. The molecule has 2 aromatic rings. The summed E-state index contributed by atoms with van der Waals surface area (Å²) in [7, 11) is 0. The zero-order valence-electron chi connectivity index (χ0n) is 9.09. The summed E-state index contributed by atoms with van der Waals surface area (Å²) in [6, 6.07) is 3.51. The van der Waals surface area contributed by atoms with Crippen molar-refractivity contribution in [3.63, 3.8) is 0 Å². The smallest absolute Gasteiger partial charge is 0.364 e. The summed E-state index contributed by atoms with van der Waals surface area (Å²) < 4.78 is 6.47. The average molecular weight is 236 g/mol. The Bertz CT molecular complexity index is 570. The molecular formula is C9H12N6O2. The van der Waals surface area contributed by atoms with E-state index in [1.54, 1.807) is 12.1 Å². The standard InChI is InChI=1S/C9H12N6O2/c16-9-11-10-8-2-1-7(13-15(8)9)12-14-3-5-17-6-4-14/h1-2H,3-6H2,(H,11,16)(H,12,13). The number of hydrazine groups is 1. The van der Waals surface area contributed by atoms with Crippen molar-refractivity contribution in [2.24, 2.45) is 0 Å². The number of nitrogens with zero attached hydrogens (tertiary/aromatic N) is 4. The molecule has 3 heterocycles. The molecule has 1 aliphatic rings. The molecule has 0 saturated carbocycles. The molecule has 2 N–H and O–H groups in total. The number of aromatic amines is 1. The minimum absolute atomic E-state index is 0.342. The first-order valence-corrected chi connectivity index (χ1v) is 5.37. The lowest BCUT2D eigenvalue weighted by atomic mass is 10.5. The van der Waals surface area contributed by atoms with Crippen LogP contribution >= 0.6 is 0 Å². The number of hydrogen-bond acceptors (Lipinski definition) is 6. The van der Waals surface area contributed by atoms with E-state index in [1.165, 1.54) is 4.52 Å². The maximum Gasteiger partial charge on any atom is 0.364 e. The van der Waals surface area contributed by atoms with Crippen molar-refractivity contribution < 1.29 is 4.74 Å². The van der Waals surface area contributed by atoms with Crippen LogP contribution in [-0.2, 0) is 4.74 Å². The van der Waals surface area contributed by atoms with E-state index < -0.39 is 0 Å². The number of morpholine rings is 1. The molecule has 0 atom stereocenters. The van der Waals surface area contributed by atoms with E-state index >= 15 is 0 Å². The largest absolute Gasteiger partial charge is 0.379 e. The van der Waals surface area contributed by atoms with Crippen molar-refractivity contribution in [3.05, 3.63) is 22.6 Å². The molecule has 0 radical (unpaired) electrons. The van der Waals surface area contributed by atoms with Crippen LogP contribution < -0.4 is 11.1 Å². The van der Waals surface area contributed by atoms with Crippen molar-refractivity contribution >= 4 is 11.5 Å². The minimum atomic E-state index is -0.342. The van der Waals surface area contributed by atoms with E-state index in [-0.39, 0.29) is 5.69 Å². The summed E-state index contributed by atoms with van der Waals surface area (Å²) in [6.07, 6.45) is 0. The van der Waals surface area contributed by atoms with Gasteiger partial charge in [-0.1, -0.05) is 0 Å². The number of H-pyrrole nitrogens is 1. The maximum absolute atomic E-state index is 11.3. The van der Waals surface area contributed by atoms with Crippen LogP contribution in [0.15, 0.2) is 16.9 Å². The molecule has 0 amide bonds. The average Bonchev–Trinajstić information content (AvgIpc) is 2.73. The number of hydrogen-bond donors (Lipinski definition) is 2. The van der Waals surface area contributed by atoms with Crippen LogP contribution in [0.3, 0.4) is 0 Å². The lowest BCUT2D eigenvalue weighted by molar-refractivity contribution is 0.0494. The van der Waals surface area contributed by atoms with Crippen LogP contribution in [0, 0.1) is 0 Å². The van der Waals surface area contributed by atoms with Gasteiger partial charge >= 0.3 is 5.69 Å². The molecule has 0 bridgehead atoms. The van der Waals surface area contributed by atoms with Gasteiger partial charge in [0.15, 0.2) is 11.5 Å². The minimum Gasteiger partial charge on any atom is -0.379 e. The van der Waals surface area contributed by atoms with Crippen LogP contribution in [0.5, 0.6) is 0 Å². The monoisotopic (exact) mass is 236 g/mol. The fourth-order valence-corrected chi connectivity index (χ4v) is 1.70. The second-order valence-electron chi connectivity index (χ2n) is 3.73. The molecule has 17 heavy (non-hydrogen) atoms. The first kappa shape index (κ1) is 10.2. The predicted molar refractivity (Wildman–Crippen MR) is 59.6 cm³/mol. The fraction of sp³-hybridized carbons (Fsp3) is 0.444. The summed E-state index contributed by atoms with van der Waals surface area (Å²) in [6.45, 7) is 2.97. The van der Waals surface area contributed by atoms with Gasteiger partial charge < -0.3 is 10.2 Å². The van der Waals surface area contributed by atoms with E-state index in [9.17, 15) is 4.79 Å². The summed E-state index contributed by atoms with van der Waals surface area (Å²) in [5.74, 6) is 0.614. The van der Waals surface area contributed by atoms with E-state index in [2.05, 4.69) is 20.7 Å². The molecular weight excluding hydrogens is 224 g/mol. The number of aromatic nitrogens is 4. The highest BCUT2D eigenvalue weighted by atomic mass is 16.5. The van der Waals surface area contributed by atoms with Crippen molar-refractivity contribution in [1.29, 1.82) is 0 Å². The Morgan fingerprint density at radius 1 is 1.35 bits per heavy atom. The van der Waals surface area contributed by atoms with Gasteiger partial charge in [-0.15, -0.1) is 5.10 Å². The highest BCUT2D eigenvalue weighted by Gasteiger charge is 2.11. The number of nitrogens with one attached hydrogen (secondary N) is 2. The normalized spacial score (nSPS) is 17.4. The molecule has 1 aliphatic heterocycles. The number of fused-ring (bicyclic) bond motifs is 1. The van der Waals surface area contributed by atoms with Gasteiger partial charge in [-0.3, -0.25) is 0 Å². The Hall–Kier alpha value is -1.93. The van der Waals surface area contributed by atoms with Crippen molar-refractivity contribution in [2.45, 2.75) is 0 Å². The van der Waals surface area contributed by atoms with Gasteiger partial charge in [0.05, 0.1) is 13.2 Å². The van der Waals surface area contributed by atoms with E-state index in [0.717, 1.165) is 13.1 Å². The van der Waals surface area contributed by atoms with Crippen LogP contribution in [0.4, 0.5) is 5.82 Å².